The molecular formula is C33H49N3O5. The van der Waals surface area contributed by atoms with Crippen molar-refractivity contribution >= 4 is 17.9 Å². The van der Waals surface area contributed by atoms with Crippen molar-refractivity contribution in [1.82, 2.24) is 15.5 Å². The zero-order valence-corrected chi connectivity index (χ0v) is 25.6. The van der Waals surface area contributed by atoms with Crippen LogP contribution in [0, 0.1) is 5.92 Å². The van der Waals surface area contributed by atoms with Crippen LogP contribution in [-0.4, -0.2) is 46.1 Å². The number of unbranched alkanes of at least 4 members (excludes halogenated alkanes) is 5. The molecule has 2 atom stereocenters. The van der Waals surface area contributed by atoms with E-state index < -0.39 is 23.8 Å². The van der Waals surface area contributed by atoms with E-state index in [1.807, 2.05) is 44.2 Å². The third-order valence-corrected chi connectivity index (χ3v) is 6.72. The molecule has 2 unspecified atom stereocenters. The van der Waals surface area contributed by atoms with E-state index in [-0.39, 0.29) is 23.5 Å². The van der Waals surface area contributed by atoms with Crippen LogP contribution in [0.3, 0.4) is 0 Å². The van der Waals surface area contributed by atoms with E-state index >= 15 is 0 Å². The highest BCUT2D eigenvalue weighted by Gasteiger charge is 2.37. The maximum Gasteiger partial charge on any atom is 0.408 e. The lowest BCUT2D eigenvalue weighted by Crippen LogP contribution is -2.55. The number of benzene rings is 2. The number of phenols is 1. The summed E-state index contributed by atoms with van der Waals surface area (Å²) in [4.78, 5) is 42.4. The van der Waals surface area contributed by atoms with Crippen molar-refractivity contribution in [2.75, 3.05) is 6.54 Å². The van der Waals surface area contributed by atoms with Crippen molar-refractivity contribution in [2.24, 2.45) is 5.92 Å². The summed E-state index contributed by atoms with van der Waals surface area (Å²) >= 11 is 0. The first-order valence-corrected chi connectivity index (χ1v) is 14.8. The highest BCUT2D eigenvalue weighted by molar-refractivity contribution is 5.92. The van der Waals surface area contributed by atoms with E-state index in [0.717, 1.165) is 37.7 Å². The predicted molar refractivity (Wildman–Crippen MR) is 162 cm³/mol. The molecule has 0 fully saturated rings. The Kier molecular flexibility index (Phi) is 13.7. The second-order valence-electron chi connectivity index (χ2n) is 11.9. The lowest BCUT2D eigenvalue weighted by atomic mass is 9.98. The number of rotatable bonds is 15. The topological polar surface area (TPSA) is 108 Å². The van der Waals surface area contributed by atoms with Gasteiger partial charge >= 0.3 is 6.09 Å². The Labute approximate surface area is 245 Å². The number of nitrogens with one attached hydrogen (secondary N) is 2. The normalized spacial score (nSPS) is 12.9. The molecule has 0 radical (unpaired) electrons. The van der Waals surface area contributed by atoms with Gasteiger partial charge in [0, 0.05) is 13.1 Å². The molecule has 0 heterocycles. The number of nitrogens with zero attached hydrogens (tertiary/aromatic N) is 1. The molecule has 226 valence electrons. The molecule has 0 saturated carbocycles. The van der Waals surface area contributed by atoms with Gasteiger partial charge < -0.3 is 25.4 Å². The van der Waals surface area contributed by atoms with Gasteiger partial charge in [-0.25, -0.2) is 4.79 Å². The molecule has 2 aromatic rings. The van der Waals surface area contributed by atoms with Crippen molar-refractivity contribution in [1.29, 1.82) is 0 Å². The van der Waals surface area contributed by atoms with Gasteiger partial charge in [-0.2, -0.15) is 0 Å². The van der Waals surface area contributed by atoms with Crippen LogP contribution in [0.1, 0.15) is 97.2 Å². The van der Waals surface area contributed by atoms with Crippen LogP contribution in [0.4, 0.5) is 4.79 Å². The number of phenolic OH excluding ortho intramolecular Hbond substituents is 1. The fraction of sp³-hybridized carbons (Fsp3) is 0.545. The van der Waals surface area contributed by atoms with Crippen molar-refractivity contribution < 1.29 is 24.2 Å². The number of aromatic hydroxyl groups is 1. The van der Waals surface area contributed by atoms with Gasteiger partial charge in [0.1, 0.15) is 23.4 Å². The highest BCUT2D eigenvalue weighted by Crippen LogP contribution is 2.26. The van der Waals surface area contributed by atoms with Gasteiger partial charge in [-0.05, 0) is 56.4 Å². The Balaban J connectivity index is 2.42. The standard InChI is InChI=1S/C33H49N3O5/c1-7-8-9-10-11-15-22-36(31(39)28(24(2)3)35-32(40)41-33(4,5)6)29(26-18-20-27(37)21-19-26)30(38)34-23-25-16-13-12-14-17-25/h12-14,16-21,24,28-29,37H,7-11,15,22-23H2,1-6H3,(H,34,38)(H,35,40). The largest absolute Gasteiger partial charge is 0.508 e. The Hall–Kier alpha value is -3.55. The van der Waals surface area contributed by atoms with Gasteiger partial charge in [0.15, 0.2) is 0 Å². The molecule has 0 aliphatic rings. The van der Waals surface area contributed by atoms with Gasteiger partial charge in [-0.1, -0.05) is 95.3 Å². The Morgan fingerprint density at radius 1 is 0.902 bits per heavy atom. The van der Waals surface area contributed by atoms with Gasteiger partial charge in [-0.15, -0.1) is 0 Å². The average Bonchev–Trinajstić information content (AvgIpc) is 2.91. The fourth-order valence-electron chi connectivity index (χ4n) is 4.57. The van der Waals surface area contributed by atoms with Gasteiger partial charge in [0.25, 0.3) is 0 Å². The number of alkyl carbamates (subject to hydrolysis) is 1. The van der Waals surface area contributed by atoms with Crippen LogP contribution in [0.15, 0.2) is 54.6 Å². The summed E-state index contributed by atoms with van der Waals surface area (Å²) < 4.78 is 5.45. The third-order valence-electron chi connectivity index (χ3n) is 6.72. The lowest BCUT2D eigenvalue weighted by molar-refractivity contribution is -0.143. The quantitative estimate of drug-likeness (QED) is 0.213. The first-order chi connectivity index (χ1) is 19.4. The molecule has 2 aromatic carbocycles. The smallest absolute Gasteiger partial charge is 0.408 e. The molecule has 0 aromatic heterocycles. The first-order valence-electron chi connectivity index (χ1n) is 14.8. The maximum absolute atomic E-state index is 14.2. The van der Waals surface area contributed by atoms with Crippen molar-refractivity contribution in [3.8, 4) is 5.75 Å². The van der Waals surface area contributed by atoms with Crippen LogP contribution >= 0.6 is 0 Å². The molecule has 3 amide bonds. The molecule has 0 spiro atoms. The first kappa shape index (κ1) is 33.7. The SMILES string of the molecule is CCCCCCCCN(C(=O)C(NC(=O)OC(C)(C)C)C(C)C)C(C(=O)NCc1ccccc1)c1ccc(O)cc1. The Morgan fingerprint density at radius 2 is 1.51 bits per heavy atom. The second kappa shape index (κ2) is 16.7. The summed E-state index contributed by atoms with van der Waals surface area (Å²) in [6, 6.07) is 14.1. The number of carbonyl (C=O) groups is 3. The molecule has 0 aliphatic heterocycles. The second-order valence-corrected chi connectivity index (χ2v) is 11.9. The van der Waals surface area contributed by atoms with E-state index in [4.69, 9.17) is 4.74 Å². The summed E-state index contributed by atoms with van der Waals surface area (Å²) in [6.07, 6.45) is 5.43. The molecule has 0 saturated heterocycles. The van der Waals surface area contributed by atoms with Gasteiger partial charge in [0.2, 0.25) is 11.8 Å². The number of hydrogen-bond acceptors (Lipinski definition) is 5. The van der Waals surface area contributed by atoms with Gasteiger partial charge in [0.05, 0.1) is 0 Å². The maximum atomic E-state index is 14.2. The van der Waals surface area contributed by atoms with Crippen LogP contribution in [0.5, 0.6) is 5.75 Å². The predicted octanol–water partition coefficient (Wildman–Crippen LogP) is 6.49. The summed E-state index contributed by atoms with van der Waals surface area (Å²) in [7, 11) is 0. The Bertz CT molecular complexity index is 1080. The minimum atomic E-state index is -0.954. The summed E-state index contributed by atoms with van der Waals surface area (Å²) in [6.45, 7) is 11.8. The van der Waals surface area contributed by atoms with E-state index in [1.165, 1.54) is 12.1 Å². The number of hydrogen-bond donors (Lipinski definition) is 3. The molecule has 0 bridgehead atoms. The molecule has 3 N–H and O–H groups in total. The van der Waals surface area contributed by atoms with Crippen molar-refractivity contribution in [3.63, 3.8) is 0 Å². The molecular weight excluding hydrogens is 518 g/mol. The van der Waals surface area contributed by atoms with E-state index in [0.29, 0.717) is 25.1 Å². The minimum Gasteiger partial charge on any atom is -0.508 e. The molecule has 8 heteroatoms. The van der Waals surface area contributed by atoms with Crippen LogP contribution in [0.25, 0.3) is 0 Å². The highest BCUT2D eigenvalue weighted by atomic mass is 16.6. The minimum absolute atomic E-state index is 0.0673. The lowest BCUT2D eigenvalue weighted by Gasteiger charge is -2.35. The summed E-state index contributed by atoms with van der Waals surface area (Å²) in [5.41, 5.74) is 0.789. The van der Waals surface area contributed by atoms with Crippen LogP contribution in [-0.2, 0) is 20.9 Å². The fourth-order valence-corrected chi connectivity index (χ4v) is 4.57. The zero-order valence-electron chi connectivity index (χ0n) is 25.6. The number of ether oxygens (including phenoxy) is 1. The van der Waals surface area contributed by atoms with Crippen molar-refractivity contribution in [3.05, 3.63) is 65.7 Å². The average molecular weight is 568 g/mol. The zero-order chi connectivity index (χ0) is 30.4. The van der Waals surface area contributed by atoms with Gasteiger partial charge in [-0.3, -0.25) is 9.59 Å². The molecule has 8 nitrogen and oxygen atoms in total. The monoisotopic (exact) mass is 567 g/mol. The van der Waals surface area contributed by atoms with E-state index in [1.54, 1.807) is 37.8 Å². The summed E-state index contributed by atoms with van der Waals surface area (Å²) in [5, 5.41) is 15.7. The summed E-state index contributed by atoms with van der Waals surface area (Å²) in [5.74, 6) is -0.876. The van der Waals surface area contributed by atoms with E-state index in [9.17, 15) is 19.5 Å². The van der Waals surface area contributed by atoms with E-state index in [2.05, 4.69) is 17.6 Å². The Morgan fingerprint density at radius 3 is 2.10 bits per heavy atom. The number of amides is 3. The molecule has 41 heavy (non-hydrogen) atoms. The molecule has 0 aliphatic carbocycles. The molecule has 2 rings (SSSR count). The third kappa shape index (κ3) is 11.8. The van der Waals surface area contributed by atoms with Crippen LogP contribution < -0.4 is 10.6 Å². The van der Waals surface area contributed by atoms with Crippen LogP contribution in [0.2, 0.25) is 0 Å². The van der Waals surface area contributed by atoms with Crippen molar-refractivity contribution in [2.45, 2.75) is 104 Å². The number of carbonyl (C=O) groups excluding carboxylic acids is 3.